The van der Waals surface area contributed by atoms with E-state index in [1.54, 1.807) is 25.7 Å². The fourth-order valence-electron chi connectivity index (χ4n) is 3.09. The number of amides is 1. The Morgan fingerprint density at radius 1 is 1.43 bits per heavy atom. The molecule has 3 rings (SSSR count). The van der Waals surface area contributed by atoms with Crippen LogP contribution in [0.25, 0.3) is 11.1 Å². The van der Waals surface area contributed by atoms with E-state index in [-0.39, 0.29) is 28.2 Å². The average Bonchev–Trinajstić information content (AvgIpc) is 3.04. The zero-order valence-electron chi connectivity index (χ0n) is 16.0. The largest absolute Gasteiger partial charge is 0.444 e. The molecule has 0 aliphatic carbocycles. The Bertz CT molecular complexity index is 920. The van der Waals surface area contributed by atoms with Crippen LogP contribution >= 0.6 is 0 Å². The summed E-state index contributed by atoms with van der Waals surface area (Å²) in [7, 11) is -1.59. The fourth-order valence-corrected chi connectivity index (χ4v) is 4.31. The van der Waals surface area contributed by atoms with Crippen LogP contribution in [0, 0.1) is 10.1 Å². The number of rotatable bonds is 4. The molecule has 0 spiro atoms. The monoisotopic (exact) mass is 409 g/mol. The molecule has 0 saturated carbocycles. The van der Waals surface area contributed by atoms with Crippen molar-refractivity contribution in [2.75, 3.05) is 12.3 Å². The average molecular weight is 409 g/mol. The van der Waals surface area contributed by atoms with Crippen molar-refractivity contribution < 1.29 is 23.1 Å². The minimum absolute atomic E-state index is 0.00482. The van der Waals surface area contributed by atoms with Crippen molar-refractivity contribution in [2.24, 2.45) is 0 Å². The predicted octanol–water partition coefficient (Wildman–Crippen LogP) is 3.63. The third-order valence-electron chi connectivity index (χ3n) is 4.36. The van der Waals surface area contributed by atoms with Crippen molar-refractivity contribution in [2.45, 2.75) is 56.9 Å². The molecule has 28 heavy (non-hydrogen) atoms. The van der Waals surface area contributed by atoms with Gasteiger partial charge in [-0.3, -0.25) is 10.1 Å². The van der Waals surface area contributed by atoms with Crippen LogP contribution in [0.1, 0.15) is 40.0 Å². The maximum atomic E-state index is 12.8. The molecule has 0 radical (unpaired) electrons. The highest BCUT2D eigenvalue weighted by molar-refractivity contribution is 7.84. The highest BCUT2D eigenvalue weighted by Gasteiger charge is 2.32. The first-order valence-corrected chi connectivity index (χ1v) is 10.4. The van der Waals surface area contributed by atoms with Crippen molar-refractivity contribution in [1.82, 2.24) is 9.88 Å². The zero-order chi connectivity index (χ0) is 20.5. The minimum Gasteiger partial charge on any atom is -0.444 e. The van der Waals surface area contributed by atoms with Gasteiger partial charge in [-0.1, -0.05) is 0 Å². The number of hydrogen-bond acceptors (Lipinski definition) is 7. The van der Waals surface area contributed by atoms with Gasteiger partial charge in [0.1, 0.15) is 21.9 Å². The quantitative estimate of drug-likeness (QED) is 0.559. The van der Waals surface area contributed by atoms with Crippen LogP contribution in [0.4, 0.5) is 10.5 Å². The first-order valence-electron chi connectivity index (χ1n) is 9.07. The van der Waals surface area contributed by atoms with E-state index in [9.17, 15) is 19.1 Å². The number of likely N-dealkylation sites (tertiary alicyclic amines) is 1. The molecule has 9 nitrogen and oxygen atoms in total. The number of nitro benzene ring substituents is 1. The Labute approximate surface area is 164 Å². The molecule has 1 aromatic heterocycles. The van der Waals surface area contributed by atoms with E-state index >= 15 is 0 Å². The maximum absolute atomic E-state index is 12.8. The van der Waals surface area contributed by atoms with Crippen molar-refractivity contribution in [3.05, 3.63) is 28.3 Å². The molecule has 1 aliphatic heterocycles. The van der Waals surface area contributed by atoms with Crippen LogP contribution < -0.4 is 0 Å². The second-order valence-corrected chi connectivity index (χ2v) is 9.10. The van der Waals surface area contributed by atoms with Crippen LogP contribution in [0.2, 0.25) is 0 Å². The molecular weight excluding hydrogens is 386 g/mol. The number of oxazole rings is 1. The molecule has 0 N–H and O–H groups in total. The molecule has 152 valence electrons. The lowest BCUT2D eigenvalue weighted by atomic mass is 10.0. The van der Waals surface area contributed by atoms with Gasteiger partial charge in [0.05, 0.1) is 10.7 Å². The number of non-ortho nitro benzene ring substituents is 1. The number of aromatic nitrogens is 1. The molecular formula is C18H23N3O6S. The molecule has 1 aliphatic rings. The van der Waals surface area contributed by atoms with Crippen molar-refractivity contribution in [3.63, 3.8) is 0 Å². The van der Waals surface area contributed by atoms with Crippen LogP contribution in [0.15, 0.2) is 27.8 Å². The number of carbonyl (C=O) groups is 1. The van der Waals surface area contributed by atoms with Crippen molar-refractivity contribution in [1.29, 1.82) is 0 Å². The third kappa shape index (κ3) is 4.67. The van der Waals surface area contributed by atoms with E-state index in [0.717, 1.165) is 19.3 Å². The summed E-state index contributed by atoms with van der Waals surface area (Å²) in [6.07, 6.45) is 2.11. The van der Waals surface area contributed by atoms with Crippen LogP contribution in [0.3, 0.4) is 0 Å². The van der Waals surface area contributed by atoms with Gasteiger partial charge in [-0.25, -0.2) is 14.0 Å². The van der Waals surface area contributed by atoms with E-state index in [1.807, 2.05) is 0 Å². The second kappa shape index (κ2) is 7.86. The summed E-state index contributed by atoms with van der Waals surface area (Å²) < 4.78 is 23.8. The number of carbonyl (C=O) groups excluding carboxylic acids is 1. The third-order valence-corrected chi connectivity index (χ3v) is 5.61. The Morgan fingerprint density at radius 2 is 2.18 bits per heavy atom. The van der Waals surface area contributed by atoms with E-state index in [1.165, 1.54) is 18.2 Å². The number of ether oxygens (including phenoxy) is 1. The lowest BCUT2D eigenvalue weighted by molar-refractivity contribution is -0.384. The van der Waals surface area contributed by atoms with Crippen LogP contribution in [-0.2, 0) is 15.5 Å². The van der Waals surface area contributed by atoms with Gasteiger partial charge in [-0.05, 0) is 46.1 Å². The predicted molar refractivity (Wildman–Crippen MR) is 103 cm³/mol. The summed E-state index contributed by atoms with van der Waals surface area (Å²) in [5, 5.41) is 10.9. The van der Waals surface area contributed by atoms with E-state index in [4.69, 9.17) is 9.15 Å². The van der Waals surface area contributed by atoms with Crippen LogP contribution in [-0.4, -0.2) is 49.0 Å². The lowest BCUT2D eigenvalue weighted by Gasteiger charge is -2.36. The molecule has 0 bridgehead atoms. The fraction of sp³-hybridized carbons (Fsp3) is 0.556. The summed E-state index contributed by atoms with van der Waals surface area (Å²) in [5.41, 5.74) is -0.0962. The van der Waals surface area contributed by atoms with Crippen LogP contribution in [0.5, 0.6) is 0 Å². The second-order valence-electron chi connectivity index (χ2n) is 7.72. The SMILES string of the molecule is CC(C)(C)OC(=O)N1CCCCC1CS(=O)c1nc2cc([N+](=O)[O-])ccc2o1. The molecule has 2 heterocycles. The Hall–Kier alpha value is -2.49. The molecule has 1 saturated heterocycles. The summed E-state index contributed by atoms with van der Waals surface area (Å²) in [6, 6.07) is 3.79. The molecule has 10 heteroatoms. The molecule has 2 aromatic rings. The molecule has 2 atom stereocenters. The number of nitro groups is 1. The lowest BCUT2D eigenvalue weighted by Crippen LogP contribution is -2.48. The van der Waals surface area contributed by atoms with Gasteiger partial charge >= 0.3 is 6.09 Å². The van der Waals surface area contributed by atoms with Gasteiger partial charge in [-0.15, -0.1) is 0 Å². The summed E-state index contributed by atoms with van der Waals surface area (Å²) in [4.78, 5) is 28.6. The Balaban J connectivity index is 1.75. The van der Waals surface area contributed by atoms with Gasteiger partial charge in [0, 0.05) is 24.7 Å². The standard InChI is InChI=1S/C18H23N3O6S/c1-18(2,3)27-17(22)20-9-5-4-6-13(20)11-28(25)16-19-14-10-12(21(23)24)7-8-15(14)26-16/h7-8,10,13H,4-6,9,11H2,1-3H3. The van der Waals surface area contributed by atoms with Gasteiger partial charge in [0.15, 0.2) is 5.58 Å². The molecule has 1 amide bonds. The Kier molecular flexibility index (Phi) is 5.69. The Morgan fingerprint density at radius 3 is 2.86 bits per heavy atom. The zero-order valence-corrected chi connectivity index (χ0v) is 16.9. The number of benzene rings is 1. The number of piperidine rings is 1. The minimum atomic E-state index is -1.59. The van der Waals surface area contributed by atoms with Gasteiger partial charge in [0.25, 0.3) is 10.9 Å². The molecule has 1 fully saturated rings. The molecule has 2 unspecified atom stereocenters. The first kappa shape index (κ1) is 20.2. The number of fused-ring (bicyclic) bond motifs is 1. The molecule has 1 aromatic carbocycles. The smallest absolute Gasteiger partial charge is 0.410 e. The van der Waals surface area contributed by atoms with E-state index in [2.05, 4.69) is 4.98 Å². The van der Waals surface area contributed by atoms with Gasteiger partial charge in [0.2, 0.25) is 0 Å². The summed E-state index contributed by atoms with van der Waals surface area (Å²) in [6.45, 7) is 5.97. The van der Waals surface area contributed by atoms with Gasteiger partial charge in [-0.2, -0.15) is 0 Å². The topological polar surface area (TPSA) is 116 Å². The number of hydrogen-bond donors (Lipinski definition) is 0. The van der Waals surface area contributed by atoms with Crippen molar-refractivity contribution in [3.8, 4) is 0 Å². The summed E-state index contributed by atoms with van der Waals surface area (Å²) >= 11 is 0. The summed E-state index contributed by atoms with van der Waals surface area (Å²) in [5.74, 6) is 0.175. The first-order chi connectivity index (χ1) is 13.1. The van der Waals surface area contributed by atoms with Crippen molar-refractivity contribution >= 4 is 33.7 Å². The van der Waals surface area contributed by atoms with Gasteiger partial charge < -0.3 is 14.1 Å². The highest BCUT2D eigenvalue weighted by Crippen LogP contribution is 2.25. The maximum Gasteiger partial charge on any atom is 0.410 e. The van der Waals surface area contributed by atoms with E-state index < -0.39 is 27.4 Å². The number of nitrogens with zero attached hydrogens (tertiary/aromatic N) is 3. The highest BCUT2D eigenvalue weighted by atomic mass is 32.2. The van der Waals surface area contributed by atoms with E-state index in [0.29, 0.717) is 12.1 Å². The normalized spacial score (nSPS) is 18.8.